The first-order valence-corrected chi connectivity index (χ1v) is 8.48. The molecule has 6 nitrogen and oxygen atoms in total. The quantitative estimate of drug-likeness (QED) is 0.526. The van der Waals surface area contributed by atoms with Gasteiger partial charge in [-0.2, -0.15) is 0 Å². The topological polar surface area (TPSA) is 99.4 Å². The van der Waals surface area contributed by atoms with Gasteiger partial charge < -0.3 is 29.9 Å². The molecule has 4 rings (SSSR count). The highest BCUT2D eigenvalue weighted by Gasteiger charge is 2.44. The van der Waals surface area contributed by atoms with Crippen LogP contribution < -0.4 is 4.74 Å². The van der Waals surface area contributed by atoms with Crippen molar-refractivity contribution in [2.24, 2.45) is 0 Å². The zero-order chi connectivity index (χ0) is 18.3. The Bertz CT molecular complexity index is 924. The maximum atomic E-state index is 10.2. The van der Waals surface area contributed by atoms with Crippen molar-refractivity contribution in [3.05, 3.63) is 54.6 Å². The van der Waals surface area contributed by atoms with E-state index in [0.717, 1.165) is 21.5 Å². The summed E-state index contributed by atoms with van der Waals surface area (Å²) in [5, 5.41) is 43.3. The Morgan fingerprint density at radius 2 is 1.46 bits per heavy atom. The van der Waals surface area contributed by atoms with Crippen LogP contribution in [0.15, 0.2) is 54.6 Å². The van der Waals surface area contributed by atoms with Gasteiger partial charge in [0.05, 0.1) is 6.61 Å². The lowest BCUT2D eigenvalue weighted by molar-refractivity contribution is -0.277. The van der Waals surface area contributed by atoms with Gasteiger partial charge in [0.25, 0.3) is 0 Å². The van der Waals surface area contributed by atoms with E-state index in [1.54, 1.807) is 0 Å². The summed E-state index contributed by atoms with van der Waals surface area (Å²) >= 11 is 0. The largest absolute Gasteiger partial charge is 0.461 e. The third-order valence-electron chi connectivity index (χ3n) is 4.82. The molecular weight excluding hydrogens is 336 g/mol. The summed E-state index contributed by atoms with van der Waals surface area (Å²) in [4.78, 5) is 0. The minimum absolute atomic E-state index is 0.489. The van der Waals surface area contributed by atoms with Gasteiger partial charge in [0.2, 0.25) is 6.29 Å². The lowest BCUT2D eigenvalue weighted by atomic mass is 9.99. The number of aliphatic hydroxyl groups excluding tert-OH is 4. The number of benzene rings is 3. The van der Waals surface area contributed by atoms with Gasteiger partial charge in [-0.25, -0.2) is 0 Å². The molecule has 1 fully saturated rings. The number of hydrogen-bond acceptors (Lipinski definition) is 6. The summed E-state index contributed by atoms with van der Waals surface area (Å²) in [6.45, 7) is -0.497. The van der Waals surface area contributed by atoms with Crippen LogP contribution in [-0.4, -0.2) is 57.7 Å². The van der Waals surface area contributed by atoms with Gasteiger partial charge in [0, 0.05) is 5.39 Å². The Hall–Kier alpha value is -2.22. The number of aliphatic hydroxyl groups is 4. The van der Waals surface area contributed by atoms with Gasteiger partial charge in [-0.05, 0) is 22.2 Å². The highest BCUT2D eigenvalue weighted by molar-refractivity contribution is 6.10. The van der Waals surface area contributed by atoms with Crippen LogP contribution in [0.1, 0.15) is 0 Å². The first kappa shape index (κ1) is 17.2. The molecule has 4 N–H and O–H groups in total. The fraction of sp³-hybridized carbons (Fsp3) is 0.300. The molecule has 0 bridgehead atoms. The highest BCUT2D eigenvalue weighted by atomic mass is 16.7. The number of rotatable bonds is 3. The van der Waals surface area contributed by atoms with Gasteiger partial charge in [0.15, 0.2) is 0 Å². The molecule has 1 saturated heterocycles. The van der Waals surface area contributed by atoms with Crippen LogP contribution in [0, 0.1) is 0 Å². The molecule has 3 aromatic rings. The van der Waals surface area contributed by atoms with Crippen molar-refractivity contribution < 1.29 is 29.9 Å². The summed E-state index contributed by atoms with van der Waals surface area (Å²) in [6.07, 6.45) is -6.56. The maximum Gasteiger partial charge on any atom is 0.229 e. The Morgan fingerprint density at radius 3 is 2.19 bits per heavy atom. The van der Waals surface area contributed by atoms with Crippen LogP contribution in [0.2, 0.25) is 0 Å². The van der Waals surface area contributed by atoms with Crippen molar-refractivity contribution in [3.63, 3.8) is 0 Å². The van der Waals surface area contributed by atoms with Crippen molar-refractivity contribution >= 4 is 21.5 Å². The minimum atomic E-state index is -1.47. The maximum absolute atomic E-state index is 10.2. The van der Waals surface area contributed by atoms with Gasteiger partial charge in [-0.1, -0.05) is 48.5 Å². The molecule has 3 aromatic carbocycles. The molecule has 0 radical (unpaired) electrons. The van der Waals surface area contributed by atoms with Gasteiger partial charge in [-0.15, -0.1) is 0 Å². The van der Waals surface area contributed by atoms with Crippen LogP contribution in [-0.2, 0) is 4.74 Å². The highest BCUT2D eigenvalue weighted by Crippen LogP contribution is 2.35. The molecule has 1 heterocycles. The Morgan fingerprint density at radius 1 is 0.808 bits per heavy atom. The minimum Gasteiger partial charge on any atom is -0.461 e. The van der Waals surface area contributed by atoms with Crippen molar-refractivity contribution in [1.82, 2.24) is 0 Å². The summed E-state index contributed by atoms with van der Waals surface area (Å²) in [5.41, 5.74) is 0. The van der Waals surface area contributed by atoms with Crippen molar-refractivity contribution in [2.75, 3.05) is 6.61 Å². The fourth-order valence-electron chi connectivity index (χ4n) is 3.41. The Balaban J connectivity index is 1.76. The SMILES string of the molecule is OCC1OC(Oc2cc3ccccc3c3ccccc23)C(O)C(O)C1O. The van der Waals surface area contributed by atoms with Gasteiger partial charge >= 0.3 is 0 Å². The van der Waals surface area contributed by atoms with E-state index in [2.05, 4.69) is 0 Å². The summed E-state index contributed by atoms with van der Waals surface area (Å²) < 4.78 is 11.3. The van der Waals surface area contributed by atoms with E-state index in [1.807, 2.05) is 54.6 Å². The van der Waals surface area contributed by atoms with E-state index < -0.39 is 37.3 Å². The molecule has 0 amide bonds. The Labute approximate surface area is 149 Å². The van der Waals surface area contributed by atoms with Crippen molar-refractivity contribution in [3.8, 4) is 5.75 Å². The second-order valence-electron chi connectivity index (χ2n) is 6.46. The fourth-order valence-corrected chi connectivity index (χ4v) is 3.41. The standard InChI is InChI=1S/C20H20O6/c21-10-16-17(22)18(23)19(24)20(26-16)25-15-9-11-5-1-2-6-12(11)13-7-3-4-8-14(13)15/h1-9,16-24H,10H2. The molecule has 26 heavy (non-hydrogen) atoms. The summed E-state index contributed by atoms with van der Waals surface area (Å²) in [5.74, 6) is 0.489. The monoisotopic (exact) mass is 356 g/mol. The van der Waals surface area contributed by atoms with Crippen LogP contribution in [0.25, 0.3) is 21.5 Å². The molecule has 136 valence electrons. The van der Waals surface area contributed by atoms with E-state index in [-0.39, 0.29) is 0 Å². The molecule has 1 aliphatic heterocycles. The van der Waals surface area contributed by atoms with Crippen LogP contribution in [0.3, 0.4) is 0 Å². The second kappa shape index (κ2) is 6.83. The zero-order valence-electron chi connectivity index (χ0n) is 13.9. The molecule has 0 saturated carbocycles. The van der Waals surface area contributed by atoms with Crippen molar-refractivity contribution in [1.29, 1.82) is 0 Å². The smallest absolute Gasteiger partial charge is 0.229 e. The molecule has 6 heteroatoms. The molecule has 1 aliphatic rings. The van der Waals surface area contributed by atoms with E-state index in [4.69, 9.17) is 9.47 Å². The summed E-state index contributed by atoms with van der Waals surface area (Å²) in [7, 11) is 0. The van der Waals surface area contributed by atoms with Crippen LogP contribution in [0.4, 0.5) is 0 Å². The molecule has 0 spiro atoms. The molecule has 0 aromatic heterocycles. The number of fused-ring (bicyclic) bond motifs is 3. The molecule has 5 atom stereocenters. The summed E-state index contributed by atoms with van der Waals surface area (Å²) in [6, 6.07) is 17.4. The average molecular weight is 356 g/mol. The molecule has 5 unspecified atom stereocenters. The average Bonchev–Trinajstić information content (AvgIpc) is 2.68. The van der Waals surface area contributed by atoms with Crippen LogP contribution >= 0.6 is 0 Å². The third kappa shape index (κ3) is 2.82. The Kier molecular flexibility index (Phi) is 4.52. The normalized spacial score (nSPS) is 29.2. The van der Waals surface area contributed by atoms with E-state index in [9.17, 15) is 20.4 Å². The van der Waals surface area contributed by atoms with Gasteiger partial charge in [-0.3, -0.25) is 0 Å². The predicted molar refractivity (Wildman–Crippen MR) is 95.8 cm³/mol. The number of ether oxygens (including phenoxy) is 2. The van der Waals surface area contributed by atoms with Crippen molar-refractivity contribution in [2.45, 2.75) is 30.7 Å². The van der Waals surface area contributed by atoms with Crippen LogP contribution in [0.5, 0.6) is 5.75 Å². The first-order valence-electron chi connectivity index (χ1n) is 8.48. The lowest BCUT2D eigenvalue weighted by Crippen LogP contribution is -2.60. The van der Waals surface area contributed by atoms with Gasteiger partial charge in [0.1, 0.15) is 30.2 Å². The zero-order valence-corrected chi connectivity index (χ0v) is 13.9. The van der Waals surface area contributed by atoms with E-state index in [1.165, 1.54) is 0 Å². The van der Waals surface area contributed by atoms with E-state index in [0.29, 0.717) is 5.75 Å². The third-order valence-corrected chi connectivity index (χ3v) is 4.82. The second-order valence-corrected chi connectivity index (χ2v) is 6.46. The van der Waals surface area contributed by atoms with E-state index >= 15 is 0 Å². The molecular formula is C20H20O6. The first-order chi connectivity index (χ1) is 12.6. The molecule has 0 aliphatic carbocycles. The number of hydrogen-bond donors (Lipinski definition) is 4. The lowest BCUT2D eigenvalue weighted by Gasteiger charge is -2.39. The predicted octanol–water partition coefficient (Wildman–Crippen LogP) is 1.17.